The maximum absolute atomic E-state index is 10.8. The van der Waals surface area contributed by atoms with Gasteiger partial charge in [0.05, 0.1) is 9.85 Å². The normalized spacial score (nSPS) is 11.7. The second-order valence-electron chi connectivity index (χ2n) is 4.52. The smallest absolute Gasteiger partial charge is 0.269 e. The van der Waals surface area contributed by atoms with Gasteiger partial charge in [0, 0.05) is 36.0 Å². The highest BCUT2D eigenvalue weighted by Gasteiger charge is 2.11. The molecule has 21 heavy (non-hydrogen) atoms. The van der Waals surface area contributed by atoms with Crippen LogP contribution in [0, 0.1) is 20.2 Å². The highest BCUT2D eigenvalue weighted by Crippen LogP contribution is 2.24. The Labute approximate surface area is 120 Å². The molecule has 1 atom stereocenters. The monoisotopic (exact) mass is 287 g/mol. The largest absolute Gasteiger partial charge is 0.379 e. The summed E-state index contributed by atoms with van der Waals surface area (Å²) in [7, 11) is 0. The Bertz CT molecular complexity index is 670. The lowest BCUT2D eigenvalue weighted by atomic mass is 10.1. The van der Waals surface area contributed by atoms with Crippen molar-refractivity contribution in [3.63, 3.8) is 0 Å². The second kappa shape index (κ2) is 6.00. The molecule has 0 fully saturated rings. The third-order valence-corrected chi connectivity index (χ3v) is 3.04. The zero-order chi connectivity index (χ0) is 15.4. The van der Waals surface area contributed by atoms with Crippen LogP contribution in [0.2, 0.25) is 0 Å². The van der Waals surface area contributed by atoms with Crippen LogP contribution in [-0.4, -0.2) is 9.85 Å². The molecule has 0 saturated heterocycles. The molecular weight excluding hydrogens is 274 g/mol. The fraction of sp³-hybridized carbons (Fsp3) is 0.143. The number of hydrogen-bond donors (Lipinski definition) is 1. The molecule has 7 nitrogen and oxygen atoms in total. The van der Waals surface area contributed by atoms with Gasteiger partial charge in [0.25, 0.3) is 11.4 Å². The van der Waals surface area contributed by atoms with Gasteiger partial charge in [-0.05, 0) is 24.6 Å². The van der Waals surface area contributed by atoms with E-state index in [9.17, 15) is 20.2 Å². The number of nitro benzene ring substituents is 2. The van der Waals surface area contributed by atoms with Crippen LogP contribution < -0.4 is 5.32 Å². The lowest BCUT2D eigenvalue weighted by Crippen LogP contribution is -2.07. The number of nitro groups is 2. The standard InChI is InChI=1S/C14H13N3O4/c1-10(11-3-2-4-14(9-11)17(20)21)15-12-5-7-13(8-6-12)16(18)19/h2-10,15H,1H3. The van der Waals surface area contributed by atoms with Crippen LogP contribution in [0.25, 0.3) is 0 Å². The SMILES string of the molecule is CC(Nc1ccc([N+](=O)[O-])cc1)c1cccc([N+](=O)[O-])c1. The van der Waals surface area contributed by atoms with Crippen molar-refractivity contribution in [2.45, 2.75) is 13.0 Å². The first kappa shape index (κ1) is 14.4. The van der Waals surface area contributed by atoms with Gasteiger partial charge in [0.2, 0.25) is 0 Å². The van der Waals surface area contributed by atoms with E-state index in [1.807, 2.05) is 6.92 Å². The van der Waals surface area contributed by atoms with E-state index in [1.165, 1.54) is 24.3 Å². The lowest BCUT2D eigenvalue weighted by Gasteiger charge is -2.15. The Morgan fingerprint density at radius 2 is 1.57 bits per heavy atom. The molecule has 1 N–H and O–H groups in total. The van der Waals surface area contributed by atoms with Gasteiger partial charge in [0.15, 0.2) is 0 Å². The van der Waals surface area contributed by atoms with E-state index in [-0.39, 0.29) is 17.4 Å². The first-order valence-electron chi connectivity index (χ1n) is 6.22. The van der Waals surface area contributed by atoms with Crippen molar-refractivity contribution in [1.29, 1.82) is 0 Å². The van der Waals surface area contributed by atoms with Crippen molar-refractivity contribution >= 4 is 17.1 Å². The van der Waals surface area contributed by atoms with Crippen molar-refractivity contribution in [2.75, 3.05) is 5.32 Å². The van der Waals surface area contributed by atoms with Gasteiger partial charge in [-0.3, -0.25) is 20.2 Å². The quantitative estimate of drug-likeness (QED) is 0.668. The molecule has 7 heteroatoms. The lowest BCUT2D eigenvalue weighted by molar-refractivity contribution is -0.385. The molecular formula is C14H13N3O4. The van der Waals surface area contributed by atoms with Crippen molar-refractivity contribution in [3.05, 3.63) is 74.3 Å². The maximum Gasteiger partial charge on any atom is 0.269 e. The van der Waals surface area contributed by atoms with E-state index in [0.29, 0.717) is 5.69 Å². The molecule has 0 radical (unpaired) electrons. The number of benzene rings is 2. The zero-order valence-electron chi connectivity index (χ0n) is 11.2. The van der Waals surface area contributed by atoms with Gasteiger partial charge in [-0.2, -0.15) is 0 Å². The predicted molar refractivity (Wildman–Crippen MR) is 78.2 cm³/mol. The maximum atomic E-state index is 10.8. The second-order valence-corrected chi connectivity index (χ2v) is 4.52. The molecule has 0 bridgehead atoms. The van der Waals surface area contributed by atoms with E-state index in [2.05, 4.69) is 5.32 Å². The van der Waals surface area contributed by atoms with Crippen LogP contribution in [0.5, 0.6) is 0 Å². The zero-order valence-corrected chi connectivity index (χ0v) is 11.2. The van der Waals surface area contributed by atoms with Gasteiger partial charge in [-0.25, -0.2) is 0 Å². The Kier molecular flexibility index (Phi) is 4.13. The molecule has 2 aromatic carbocycles. The van der Waals surface area contributed by atoms with Gasteiger partial charge in [0.1, 0.15) is 0 Å². The van der Waals surface area contributed by atoms with E-state index < -0.39 is 9.85 Å². The van der Waals surface area contributed by atoms with Crippen molar-refractivity contribution in [2.24, 2.45) is 0 Å². The minimum Gasteiger partial charge on any atom is -0.379 e. The summed E-state index contributed by atoms with van der Waals surface area (Å²) in [6, 6.07) is 12.2. The molecule has 0 aliphatic heterocycles. The number of rotatable bonds is 5. The summed E-state index contributed by atoms with van der Waals surface area (Å²) < 4.78 is 0. The van der Waals surface area contributed by atoms with Crippen LogP contribution in [0.3, 0.4) is 0 Å². The highest BCUT2D eigenvalue weighted by atomic mass is 16.6. The molecule has 1 unspecified atom stereocenters. The summed E-state index contributed by atoms with van der Waals surface area (Å²) in [6.07, 6.45) is 0. The van der Waals surface area contributed by atoms with Crippen molar-refractivity contribution in [1.82, 2.24) is 0 Å². The number of nitrogens with one attached hydrogen (secondary N) is 1. The molecule has 0 aliphatic rings. The average Bonchev–Trinajstić information content (AvgIpc) is 2.48. The Balaban J connectivity index is 2.13. The number of nitrogens with zero attached hydrogens (tertiary/aromatic N) is 2. The fourth-order valence-corrected chi connectivity index (χ4v) is 1.92. The summed E-state index contributed by atoms with van der Waals surface area (Å²) in [5, 5.41) is 24.5. The molecule has 0 spiro atoms. The molecule has 0 aliphatic carbocycles. The molecule has 0 saturated carbocycles. The van der Waals surface area contributed by atoms with Crippen LogP contribution in [0.1, 0.15) is 18.5 Å². The summed E-state index contributed by atoms with van der Waals surface area (Å²) >= 11 is 0. The molecule has 2 aromatic rings. The van der Waals surface area contributed by atoms with Gasteiger partial charge in [-0.1, -0.05) is 12.1 Å². The van der Waals surface area contributed by atoms with Crippen LogP contribution in [0.15, 0.2) is 48.5 Å². The van der Waals surface area contributed by atoms with E-state index in [0.717, 1.165) is 5.56 Å². The third kappa shape index (κ3) is 3.53. The van der Waals surface area contributed by atoms with E-state index in [1.54, 1.807) is 24.3 Å². The van der Waals surface area contributed by atoms with Crippen molar-refractivity contribution in [3.8, 4) is 0 Å². The minimum atomic E-state index is -0.465. The van der Waals surface area contributed by atoms with E-state index in [4.69, 9.17) is 0 Å². The minimum absolute atomic E-state index is 0.0172. The summed E-state index contributed by atoms with van der Waals surface area (Å²) in [5.41, 5.74) is 1.52. The topological polar surface area (TPSA) is 98.3 Å². The van der Waals surface area contributed by atoms with Gasteiger partial charge < -0.3 is 5.32 Å². The molecule has 2 rings (SSSR count). The molecule has 0 amide bonds. The Morgan fingerprint density at radius 3 is 2.14 bits per heavy atom. The van der Waals surface area contributed by atoms with E-state index >= 15 is 0 Å². The van der Waals surface area contributed by atoms with Crippen LogP contribution in [-0.2, 0) is 0 Å². The fourth-order valence-electron chi connectivity index (χ4n) is 1.92. The Hall–Kier alpha value is -2.96. The van der Waals surface area contributed by atoms with Crippen molar-refractivity contribution < 1.29 is 9.85 Å². The molecule has 0 heterocycles. The number of hydrogen-bond acceptors (Lipinski definition) is 5. The molecule has 0 aromatic heterocycles. The summed E-state index contributed by atoms with van der Waals surface area (Å²) in [5.74, 6) is 0. The Morgan fingerprint density at radius 1 is 0.952 bits per heavy atom. The first-order chi connectivity index (χ1) is 9.97. The van der Waals surface area contributed by atoms with Crippen LogP contribution >= 0.6 is 0 Å². The van der Waals surface area contributed by atoms with Gasteiger partial charge >= 0.3 is 0 Å². The number of anilines is 1. The summed E-state index contributed by atoms with van der Waals surface area (Å²) in [4.78, 5) is 20.4. The first-order valence-corrected chi connectivity index (χ1v) is 6.22. The summed E-state index contributed by atoms with van der Waals surface area (Å²) in [6.45, 7) is 1.86. The highest BCUT2D eigenvalue weighted by molar-refractivity contribution is 5.50. The van der Waals surface area contributed by atoms with Gasteiger partial charge in [-0.15, -0.1) is 0 Å². The third-order valence-electron chi connectivity index (χ3n) is 3.04. The predicted octanol–water partition coefficient (Wildman–Crippen LogP) is 3.68. The average molecular weight is 287 g/mol. The van der Waals surface area contributed by atoms with Crippen LogP contribution in [0.4, 0.5) is 17.1 Å². The molecule has 108 valence electrons. The number of non-ortho nitro benzene ring substituents is 2.